The fourth-order valence-electron chi connectivity index (χ4n) is 7.00. The molecule has 14 nitrogen and oxygen atoms in total. The summed E-state index contributed by atoms with van der Waals surface area (Å²) in [5, 5.41) is 9.31. The van der Waals surface area contributed by atoms with Gasteiger partial charge in [-0.3, -0.25) is 19.3 Å². The Morgan fingerprint density at radius 1 is 0.929 bits per heavy atom. The van der Waals surface area contributed by atoms with Crippen molar-refractivity contribution in [2.24, 2.45) is 0 Å². The Labute approximate surface area is 325 Å². The first-order valence-electron chi connectivity index (χ1n) is 18.2. The second-order valence-corrected chi connectivity index (χ2v) is 15.1. The molecule has 296 valence electrons. The summed E-state index contributed by atoms with van der Waals surface area (Å²) in [4.78, 5) is 33.8. The number of fused-ring (bicyclic) bond motifs is 1. The van der Waals surface area contributed by atoms with Crippen molar-refractivity contribution in [1.29, 1.82) is 5.26 Å². The number of methoxy groups -OCH3 is 2. The van der Waals surface area contributed by atoms with Crippen LogP contribution in [0.4, 0.5) is 4.39 Å². The van der Waals surface area contributed by atoms with Crippen molar-refractivity contribution in [3.63, 3.8) is 0 Å². The summed E-state index contributed by atoms with van der Waals surface area (Å²) in [6.45, 7) is 7.79. The molecule has 0 radical (unpaired) electrons. The maximum Gasteiger partial charge on any atom is 0.327 e. The highest BCUT2D eigenvalue weighted by Crippen LogP contribution is 2.51. The number of H-pyrrole nitrogens is 2. The Morgan fingerprint density at radius 2 is 1.52 bits per heavy atom. The second kappa shape index (κ2) is 17.9. The molecule has 1 saturated heterocycles. The van der Waals surface area contributed by atoms with Crippen LogP contribution in [0.5, 0.6) is 11.5 Å². The number of aromatic nitrogens is 4. The van der Waals surface area contributed by atoms with E-state index in [1.807, 2.05) is 111 Å². The Hall–Kier alpha value is -4.94. The van der Waals surface area contributed by atoms with Gasteiger partial charge in [-0.25, -0.2) is 18.8 Å². The summed E-state index contributed by atoms with van der Waals surface area (Å²) in [5.74, 6) is 1.30. The Balaban J connectivity index is 1.47. The smallest absolute Gasteiger partial charge is 0.327 e. The van der Waals surface area contributed by atoms with Crippen LogP contribution in [-0.2, 0) is 24.1 Å². The SMILES string of the molecule is COc1ccc(C(OC[C@H]2O[C@@H](n3cnc4c(=O)[nH]c(=O)[nH]c43)[C@H](F)[C@@H]2OP(OCCC#N)N(C(C)C)C(C)C)(c2ccccc2)c2ccc(OC)cc2)cc1. The highest BCUT2D eigenvalue weighted by molar-refractivity contribution is 7.44. The molecule has 0 bridgehead atoms. The minimum absolute atomic E-state index is 0.0136. The van der Waals surface area contributed by atoms with Crippen LogP contribution < -0.4 is 20.7 Å². The maximum atomic E-state index is 17.3. The molecule has 0 amide bonds. The molecule has 2 N–H and O–H groups in total. The molecule has 1 aliphatic heterocycles. The van der Waals surface area contributed by atoms with Gasteiger partial charge in [-0.1, -0.05) is 54.6 Å². The van der Waals surface area contributed by atoms with Gasteiger partial charge in [-0.2, -0.15) is 5.26 Å². The van der Waals surface area contributed by atoms with E-state index in [1.165, 1.54) is 10.9 Å². The van der Waals surface area contributed by atoms with Crippen molar-refractivity contribution in [1.82, 2.24) is 24.2 Å². The molecule has 16 heteroatoms. The summed E-state index contributed by atoms with van der Waals surface area (Å²) in [5.41, 5.74) is -0.594. The van der Waals surface area contributed by atoms with Crippen LogP contribution in [-0.4, -0.2) is 82.1 Å². The number of hydrogen-bond acceptors (Lipinski definition) is 11. The molecule has 0 saturated carbocycles. The zero-order valence-corrected chi connectivity index (χ0v) is 32.9. The van der Waals surface area contributed by atoms with Crippen LogP contribution in [0, 0.1) is 11.3 Å². The number of rotatable bonds is 17. The lowest BCUT2D eigenvalue weighted by molar-refractivity contribution is -0.0919. The fourth-order valence-corrected chi connectivity index (χ4v) is 8.77. The summed E-state index contributed by atoms with van der Waals surface area (Å²) >= 11 is 0. The van der Waals surface area contributed by atoms with Crippen molar-refractivity contribution in [3.05, 3.63) is 123 Å². The molecule has 5 atom stereocenters. The van der Waals surface area contributed by atoms with Crippen molar-refractivity contribution in [2.45, 2.75) is 76.4 Å². The third kappa shape index (κ3) is 8.27. The molecular weight excluding hydrogens is 742 g/mol. The number of alkyl halides is 1. The van der Waals surface area contributed by atoms with E-state index in [2.05, 4.69) is 21.0 Å². The van der Waals surface area contributed by atoms with E-state index in [-0.39, 0.29) is 42.9 Å². The molecule has 2 aromatic heterocycles. The lowest BCUT2D eigenvalue weighted by Gasteiger charge is -2.39. The van der Waals surface area contributed by atoms with Crippen LogP contribution in [0.3, 0.4) is 0 Å². The molecule has 1 unspecified atom stereocenters. The number of nitrogens with one attached hydrogen (secondary N) is 2. The number of nitrogens with zero attached hydrogens (tertiary/aromatic N) is 4. The Morgan fingerprint density at radius 3 is 2.07 bits per heavy atom. The van der Waals surface area contributed by atoms with Gasteiger partial charge in [0.15, 0.2) is 17.9 Å². The first-order chi connectivity index (χ1) is 27.0. The summed E-state index contributed by atoms with van der Waals surface area (Å²) in [6, 6.07) is 26.6. The van der Waals surface area contributed by atoms with Gasteiger partial charge in [-0.05, 0) is 68.7 Å². The first-order valence-corrected chi connectivity index (χ1v) is 19.4. The predicted octanol–water partition coefficient (Wildman–Crippen LogP) is 6.34. The van der Waals surface area contributed by atoms with E-state index < -0.39 is 50.0 Å². The lowest BCUT2D eigenvalue weighted by Crippen LogP contribution is -2.41. The maximum absolute atomic E-state index is 17.3. The highest BCUT2D eigenvalue weighted by Gasteiger charge is 2.51. The van der Waals surface area contributed by atoms with Crippen LogP contribution >= 0.6 is 8.53 Å². The molecular formula is C40H46FN6O8P. The third-order valence-corrected chi connectivity index (χ3v) is 11.6. The lowest BCUT2D eigenvalue weighted by atomic mass is 9.80. The number of ether oxygens (including phenoxy) is 4. The monoisotopic (exact) mass is 788 g/mol. The molecule has 3 aromatic carbocycles. The van der Waals surface area contributed by atoms with Gasteiger partial charge in [0.1, 0.15) is 35.0 Å². The van der Waals surface area contributed by atoms with E-state index in [1.54, 1.807) is 14.2 Å². The van der Waals surface area contributed by atoms with Crippen molar-refractivity contribution < 1.29 is 32.4 Å². The van der Waals surface area contributed by atoms with E-state index in [0.717, 1.165) is 16.7 Å². The largest absolute Gasteiger partial charge is 0.497 e. The summed E-state index contributed by atoms with van der Waals surface area (Å²) in [7, 11) is 1.24. The van der Waals surface area contributed by atoms with Gasteiger partial charge < -0.3 is 28.0 Å². The van der Waals surface area contributed by atoms with E-state index in [9.17, 15) is 14.9 Å². The van der Waals surface area contributed by atoms with E-state index in [4.69, 9.17) is 28.0 Å². The van der Waals surface area contributed by atoms with Crippen LogP contribution in [0.15, 0.2) is 94.8 Å². The van der Waals surface area contributed by atoms with E-state index >= 15 is 4.39 Å². The quantitative estimate of drug-likeness (QED) is 0.0614. The standard InChI is InChI=1S/C40H46FN6O8P/c1-25(2)47(26(3)4)56(53-22-10-21-42)55-35-32(54-38(33(35)41)46-24-43-34-36(46)44-39(49)45-37(34)48)23-52-40(27-11-8-7-9-12-27,28-13-17-30(50-5)18-14-28)29-15-19-31(51-6)20-16-29/h7-9,11-20,24-26,32-33,35,38H,10,22-23H2,1-6H3,(H2,44,45,48,49)/t32-,33-,35-,38-,56?/m1/s1. The van der Waals surface area contributed by atoms with Crippen LogP contribution in [0.2, 0.25) is 0 Å². The highest BCUT2D eigenvalue weighted by atomic mass is 31.2. The van der Waals surface area contributed by atoms with Gasteiger partial charge in [0.25, 0.3) is 14.1 Å². The van der Waals surface area contributed by atoms with Gasteiger partial charge >= 0.3 is 5.69 Å². The van der Waals surface area contributed by atoms with Crippen LogP contribution in [0.1, 0.15) is 57.0 Å². The van der Waals surface area contributed by atoms with Gasteiger partial charge in [0, 0.05) is 12.1 Å². The first kappa shape index (κ1) is 40.7. The minimum Gasteiger partial charge on any atom is -0.497 e. The van der Waals surface area contributed by atoms with Crippen LogP contribution in [0.25, 0.3) is 11.2 Å². The topological polar surface area (TPSA) is 166 Å². The minimum atomic E-state index is -1.94. The molecule has 56 heavy (non-hydrogen) atoms. The summed E-state index contributed by atoms with van der Waals surface area (Å²) < 4.78 is 58.1. The summed E-state index contributed by atoms with van der Waals surface area (Å²) in [6.07, 6.45) is -4.29. The van der Waals surface area contributed by atoms with Crippen molar-refractivity contribution >= 4 is 19.7 Å². The molecule has 6 rings (SSSR count). The van der Waals surface area contributed by atoms with E-state index in [0.29, 0.717) is 11.5 Å². The number of aromatic amines is 2. The molecule has 0 aliphatic carbocycles. The number of hydrogen-bond donors (Lipinski definition) is 2. The zero-order valence-electron chi connectivity index (χ0n) is 32.0. The molecule has 1 aliphatic rings. The fraction of sp³-hybridized carbons (Fsp3) is 0.400. The molecule has 5 aromatic rings. The van der Waals surface area contributed by atoms with Gasteiger partial charge in [0.2, 0.25) is 0 Å². The second-order valence-electron chi connectivity index (χ2n) is 13.7. The normalized spacial score (nSPS) is 19.2. The zero-order chi connectivity index (χ0) is 40.0. The van der Waals surface area contributed by atoms with Gasteiger partial charge in [0.05, 0.1) is 46.3 Å². The average Bonchev–Trinajstić information content (AvgIpc) is 3.75. The predicted molar refractivity (Wildman–Crippen MR) is 208 cm³/mol. The molecule has 0 spiro atoms. The number of imidazole rings is 1. The molecule has 3 heterocycles. The number of halogens is 1. The molecule has 1 fully saturated rings. The number of benzene rings is 3. The Kier molecular flexibility index (Phi) is 13.0. The van der Waals surface area contributed by atoms with Crippen molar-refractivity contribution in [2.75, 3.05) is 27.4 Å². The number of nitriles is 1. The van der Waals surface area contributed by atoms with Crippen molar-refractivity contribution in [3.8, 4) is 17.6 Å². The third-order valence-electron chi connectivity index (χ3n) is 9.52. The average molecular weight is 789 g/mol. The van der Waals surface area contributed by atoms with Gasteiger partial charge in [-0.15, -0.1) is 0 Å². The Bertz CT molecular complexity index is 2150.